The molecular weight excluding hydrogens is 444 g/mol. The highest BCUT2D eigenvalue weighted by atomic mass is 32.2. The maximum atomic E-state index is 11.9. The molecule has 5 nitrogen and oxygen atoms in total. The smallest absolute Gasteiger partial charge is 0.409 e. The normalized spacial score (nSPS) is 18.0. The van der Waals surface area contributed by atoms with Crippen LogP contribution >= 0.6 is 11.8 Å². The van der Waals surface area contributed by atoms with Crippen LogP contribution in [0.3, 0.4) is 0 Å². The highest BCUT2D eigenvalue weighted by Gasteiger charge is 2.30. The van der Waals surface area contributed by atoms with E-state index in [1.165, 1.54) is 20.9 Å². The lowest BCUT2D eigenvalue weighted by Gasteiger charge is -2.41. The van der Waals surface area contributed by atoms with E-state index < -0.39 is 0 Å². The maximum Gasteiger partial charge on any atom is 0.409 e. The van der Waals surface area contributed by atoms with Crippen LogP contribution in [-0.2, 0) is 4.74 Å². The van der Waals surface area contributed by atoms with Gasteiger partial charge >= 0.3 is 6.09 Å². The summed E-state index contributed by atoms with van der Waals surface area (Å²) in [5.74, 6) is 1.42. The van der Waals surface area contributed by atoms with Crippen LogP contribution in [0, 0.1) is 5.92 Å². The van der Waals surface area contributed by atoms with Crippen molar-refractivity contribution in [3.05, 3.63) is 60.7 Å². The molecule has 2 heterocycles. The standard InChI is InChI=1S/C28H36N2O3S/c1-4-33-28(31)30-19-15-24(16-20-30)29-17-13-23(14-18-29)21(2)22-5-9-26(10-6-22)34-27-11-7-25(32-3)8-12-27/h5-12,23-24H,2,4,13-20H2,1,3H3. The van der Waals surface area contributed by atoms with E-state index in [9.17, 15) is 4.79 Å². The van der Waals surface area contributed by atoms with E-state index in [1.54, 1.807) is 18.9 Å². The molecule has 0 atom stereocenters. The summed E-state index contributed by atoms with van der Waals surface area (Å²) in [7, 11) is 1.69. The van der Waals surface area contributed by atoms with Gasteiger partial charge in [-0.05, 0) is 99.1 Å². The fourth-order valence-corrected chi connectivity index (χ4v) is 5.81. The molecule has 0 N–H and O–H groups in total. The van der Waals surface area contributed by atoms with Crippen molar-refractivity contribution in [1.82, 2.24) is 9.80 Å². The molecule has 4 rings (SSSR count). The number of benzene rings is 2. The fraction of sp³-hybridized carbons (Fsp3) is 0.464. The first kappa shape index (κ1) is 24.7. The summed E-state index contributed by atoms with van der Waals surface area (Å²) >= 11 is 1.76. The molecule has 1 amide bonds. The largest absolute Gasteiger partial charge is 0.497 e. The second kappa shape index (κ2) is 11.8. The summed E-state index contributed by atoms with van der Waals surface area (Å²) in [5.41, 5.74) is 2.51. The molecule has 0 radical (unpaired) electrons. The number of rotatable bonds is 7. The van der Waals surface area contributed by atoms with E-state index in [-0.39, 0.29) is 6.09 Å². The van der Waals surface area contributed by atoms with E-state index in [0.29, 0.717) is 18.6 Å². The number of methoxy groups -OCH3 is 1. The lowest BCUT2D eigenvalue weighted by atomic mass is 9.85. The quantitative estimate of drug-likeness (QED) is 0.472. The van der Waals surface area contributed by atoms with E-state index in [0.717, 1.165) is 57.6 Å². The molecule has 0 bridgehead atoms. The Bertz CT molecular complexity index is 945. The zero-order valence-electron chi connectivity index (χ0n) is 20.4. The molecule has 2 fully saturated rings. The lowest BCUT2D eigenvalue weighted by Crippen LogP contribution is -2.49. The van der Waals surface area contributed by atoms with Crippen molar-refractivity contribution in [3.8, 4) is 5.75 Å². The SMILES string of the molecule is C=C(c1ccc(Sc2ccc(OC)cc2)cc1)C1CCN(C2CCN(C(=O)OCC)CC2)CC1. The highest BCUT2D eigenvalue weighted by molar-refractivity contribution is 7.99. The molecule has 0 spiro atoms. The number of ether oxygens (including phenoxy) is 2. The summed E-state index contributed by atoms with van der Waals surface area (Å²) in [6.07, 6.45) is 4.22. The van der Waals surface area contributed by atoms with Crippen LogP contribution in [-0.4, -0.2) is 61.8 Å². The van der Waals surface area contributed by atoms with Crippen molar-refractivity contribution < 1.29 is 14.3 Å². The Labute approximate surface area is 208 Å². The third-order valence-corrected chi connectivity index (χ3v) is 8.07. The fourth-order valence-electron chi connectivity index (χ4n) is 4.99. The Hall–Kier alpha value is -2.44. The van der Waals surface area contributed by atoms with Gasteiger partial charge in [0.25, 0.3) is 0 Å². The van der Waals surface area contributed by atoms with Crippen LogP contribution in [0.4, 0.5) is 4.79 Å². The number of hydrogen-bond donors (Lipinski definition) is 0. The highest BCUT2D eigenvalue weighted by Crippen LogP contribution is 2.34. The lowest BCUT2D eigenvalue weighted by molar-refractivity contribution is 0.0652. The number of likely N-dealkylation sites (tertiary alicyclic amines) is 2. The molecule has 0 saturated carbocycles. The third kappa shape index (κ3) is 6.16. The molecule has 2 aliphatic heterocycles. The van der Waals surface area contributed by atoms with Crippen molar-refractivity contribution in [2.75, 3.05) is 39.9 Å². The van der Waals surface area contributed by atoms with Gasteiger partial charge in [-0.25, -0.2) is 4.79 Å². The minimum absolute atomic E-state index is 0.163. The van der Waals surface area contributed by atoms with Crippen LogP contribution in [0.2, 0.25) is 0 Å². The van der Waals surface area contributed by atoms with Crippen molar-refractivity contribution >= 4 is 23.4 Å². The van der Waals surface area contributed by atoms with Crippen LogP contribution in [0.5, 0.6) is 5.75 Å². The predicted molar refractivity (Wildman–Crippen MR) is 139 cm³/mol. The van der Waals surface area contributed by atoms with Gasteiger partial charge < -0.3 is 19.3 Å². The molecule has 2 aromatic carbocycles. The molecule has 2 aromatic rings. The molecule has 6 heteroatoms. The number of nitrogens with zero attached hydrogens (tertiary/aromatic N) is 2. The molecule has 182 valence electrons. The number of piperidine rings is 2. The summed E-state index contributed by atoms with van der Waals surface area (Å²) in [6.45, 7) is 10.6. The van der Waals surface area contributed by atoms with E-state index in [2.05, 4.69) is 47.9 Å². The monoisotopic (exact) mass is 480 g/mol. The van der Waals surface area contributed by atoms with Gasteiger partial charge in [0.1, 0.15) is 5.75 Å². The average molecular weight is 481 g/mol. The Morgan fingerprint density at radius 1 is 0.941 bits per heavy atom. The Morgan fingerprint density at radius 3 is 2.09 bits per heavy atom. The minimum Gasteiger partial charge on any atom is -0.497 e. The van der Waals surface area contributed by atoms with E-state index in [4.69, 9.17) is 9.47 Å². The van der Waals surface area contributed by atoms with Crippen molar-refractivity contribution in [2.45, 2.75) is 48.4 Å². The maximum absolute atomic E-state index is 11.9. The molecule has 34 heavy (non-hydrogen) atoms. The first-order valence-electron chi connectivity index (χ1n) is 12.3. The van der Waals surface area contributed by atoms with Crippen LogP contribution in [0.25, 0.3) is 5.57 Å². The molecule has 0 aromatic heterocycles. The zero-order chi connectivity index (χ0) is 23.9. The first-order valence-corrected chi connectivity index (χ1v) is 13.2. The van der Waals surface area contributed by atoms with Crippen LogP contribution < -0.4 is 4.74 Å². The summed E-state index contributed by atoms with van der Waals surface area (Å²) in [6, 6.07) is 17.6. The summed E-state index contributed by atoms with van der Waals surface area (Å²) in [5, 5.41) is 0. The molecule has 2 saturated heterocycles. The van der Waals surface area contributed by atoms with Gasteiger partial charge in [-0.15, -0.1) is 0 Å². The summed E-state index contributed by atoms with van der Waals surface area (Å²) < 4.78 is 10.4. The molecule has 0 unspecified atom stereocenters. The van der Waals surface area contributed by atoms with Crippen LogP contribution in [0.1, 0.15) is 38.2 Å². The third-order valence-electron chi connectivity index (χ3n) is 7.05. The molecular formula is C28H36N2O3S. The van der Waals surface area contributed by atoms with Gasteiger partial charge in [0.15, 0.2) is 0 Å². The number of carbonyl (C=O) groups excluding carboxylic acids is 1. The summed E-state index contributed by atoms with van der Waals surface area (Å²) in [4.78, 5) is 18.9. The van der Waals surface area contributed by atoms with Crippen molar-refractivity contribution in [1.29, 1.82) is 0 Å². The molecule has 2 aliphatic rings. The van der Waals surface area contributed by atoms with Gasteiger partial charge in [-0.1, -0.05) is 30.5 Å². The van der Waals surface area contributed by atoms with Gasteiger partial charge in [0.05, 0.1) is 13.7 Å². The second-order valence-electron chi connectivity index (χ2n) is 9.05. The van der Waals surface area contributed by atoms with Crippen molar-refractivity contribution in [2.24, 2.45) is 5.92 Å². The Morgan fingerprint density at radius 2 is 1.53 bits per heavy atom. The van der Waals surface area contributed by atoms with E-state index in [1.807, 2.05) is 24.0 Å². The molecule has 0 aliphatic carbocycles. The van der Waals surface area contributed by atoms with Crippen molar-refractivity contribution in [3.63, 3.8) is 0 Å². The van der Waals surface area contributed by atoms with Gasteiger partial charge in [-0.3, -0.25) is 0 Å². The number of allylic oxidation sites excluding steroid dienone is 1. The number of carbonyl (C=O) groups is 1. The van der Waals surface area contributed by atoms with E-state index >= 15 is 0 Å². The minimum atomic E-state index is -0.163. The average Bonchev–Trinajstić information content (AvgIpc) is 2.89. The second-order valence-corrected chi connectivity index (χ2v) is 10.2. The topological polar surface area (TPSA) is 42.0 Å². The van der Waals surface area contributed by atoms with Crippen LogP contribution in [0.15, 0.2) is 64.9 Å². The van der Waals surface area contributed by atoms with Gasteiger partial charge in [0, 0.05) is 28.9 Å². The van der Waals surface area contributed by atoms with Gasteiger partial charge in [0.2, 0.25) is 0 Å². The Kier molecular flexibility index (Phi) is 8.57. The zero-order valence-corrected chi connectivity index (χ0v) is 21.2. The predicted octanol–water partition coefficient (Wildman–Crippen LogP) is 6.19. The number of hydrogen-bond acceptors (Lipinski definition) is 5. The van der Waals surface area contributed by atoms with Gasteiger partial charge in [-0.2, -0.15) is 0 Å². The number of amides is 1. The Balaban J connectivity index is 1.24. The first-order chi connectivity index (χ1) is 16.6.